The Bertz CT molecular complexity index is 741. The second kappa shape index (κ2) is 7.32. The van der Waals surface area contributed by atoms with Gasteiger partial charge in [-0.25, -0.2) is 0 Å². The Hall–Kier alpha value is -1.62. The number of oxime groups is 1. The van der Waals surface area contributed by atoms with Crippen molar-refractivity contribution in [1.82, 2.24) is 0 Å². The number of thioether (sulfide) groups is 1. The zero-order valence-corrected chi connectivity index (χ0v) is 16.1. The molecule has 4 nitrogen and oxygen atoms in total. The van der Waals surface area contributed by atoms with Crippen LogP contribution in [0.3, 0.4) is 0 Å². The molecule has 3 atom stereocenters. The van der Waals surface area contributed by atoms with Crippen LogP contribution in [-0.2, 0) is 20.2 Å². The Morgan fingerprint density at radius 1 is 1.28 bits per heavy atom. The highest BCUT2D eigenvalue weighted by Crippen LogP contribution is 2.47. The molecule has 2 aliphatic rings. The van der Waals surface area contributed by atoms with Gasteiger partial charge in [0.05, 0.1) is 11.0 Å². The topological polar surface area (TPSA) is 55.7 Å². The number of aryl methyl sites for hydroxylation is 2. The minimum atomic E-state index is -0.724. The van der Waals surface area contributed by atoms with Gasteiger partial charge in [-0.2, -0.15) is 0 Å². The molecule has 5 heteroatoms. The molecule has 1 fully saturated rings. The van der Waals surface area contributed by atoms with Crippen LogP contribution in [0.15, 0.2) is 17.3 Å². The molecule has 0 bridgehead atoms. The molecule has 1 aliphatic heterocycles. The minimum Gasteiger partial charge on any atom is -0.396 e. The van der Waals surface area contributed by atoms with Crippen molar-refractivity contribution >= 4 is 29.0 Å². The number of carbonyl (C=O) groups excluding carboxylic acids is 2. The third-order valence-electron chi connectivity index (χ3n) is 5.09. The zero-order valence-electron chi connectivity index (χ0n) is 15.3. The molecule has 25 heavy (non-hydrogen) atoms. The zero-order chi connectivity index (χ0) is 18.1. The number of hydrogen-bond donors (Lipinski definition) is 0. The van der Waals surface area contributed by atoms with Crippen molar-refractivity contribution < 1.29 is 14.4 Å². The molecule has 0 spiro atoms. The third kappa shape index (κ3) is 3.26. The number of Topliss-reactive ketones (excluding diaryl/α,β-unsaturated/α-hetero) is 2. The predicted molar refractivity (Wildman–Crippen MR) is 101 cm³/mol. The Morgan fingerprint density at radius 2 is 2.04 bits per heavy atom. The van der Waals surface area contributed by atoms with Gasteiger partial charge in [-0.1, -0.05) is 29.8 Å². The van der Waals surface area contributed by atoms with Crippen LogP contribution in [0.5, 0.6) is 0 Å². The van der Waals surface area contributed by atoms with Crippen LogP contribution in [0.1, 0.15) is 54.9 Å². The van der Waals surface area contributed by atoms with Crippen molar-refractivity contribution in [3.8, 4) is 0 Å². The van der Waals surface area contributed by atoms with Gasteiger partial charge in [0.25, 0.3) is 0 Å². The molecular weight excluding hydrogens is 334 g/mol. The summed E-state index contributed by atoms with van der Waals surface area (Å²) in [6, 6.07) is 4.35. The fraction of sp³-hybridized carbons (Fsp3) is 0.550. The lowest BCUT2D eigenvalue weighted by Gasteiger charge is -2.39. The molecule has 0 radical (unpaired) electrons. The van der Waals surface area contributed by atoms with E-state index in [2.05, 4.69) is 31.1 Å². The number of benzene rings is 1. The van der Waals surface area contributed by atoms with E-state index < -0.39 is 5.92 Å². The van der Waals surface area contributed by atoms with Gasteiger partial charge in [0.2, 0.25) is 0 Å². The number of hydrogen-bond acceptors (Lipinski definition) is 5. The molecule has 0 aromatic heterocycles. The molecule has 1 aromatic rings. The summed E-state index contributed by atoms with van der Waals surface area (Å²) >= 11 is 1.68. The first-order valence-corrected chi connectivity index (χ1v) is 9.99. The third-order valence-corrected chi connectivity index (χ3v) is 6.48. The summed E-state index contributed by atoms with van der Waals surface area (Å²) in [6.45, 7) is 8.38. The van der Waals surface area contributed by atoms with Crippen LogP contribution < -0.4 is 0 Å². The largest absolute Gasteiger partial charge is 0.396 e. The number of nitrogens with zero attached hydrogens (tertiary/aromatic N) is 1. The Labute approximate surface area is 153 Å². The molecule has 1 heterocycles. The van der Waals surface area contributed by atoms with Crippen molar-refractivity contribution in [2.75, 3.05) is 6.61 Å². The van der Waals surface area contributed by atoms with E-state index in [9.17, 15) is 9.59 Å². The molecule has 3 unspecified atom stereocenters. The summed E-state index contributed by atoms with van der Waals surface area (Å²) in [5, 5.41) is 3.90. The lowest BCUT2D eigenvalue weighted by atomic mass is 9.72. The van der Waals surface area contributed by atoms with Crippen molar-refractivity contribution in [2.24, 2.45) is 11.1 Å². The fourth-order valence-electron chi connectivity index (χ4n) is 4.13. The lowest BCUT2D eigenvalue weighted by molar-refractivity contribution is -0.132. The van der Waals surface area contributed by atoms with E-state index >= 15 is 0 Å². The standard InChI is InChI=1S/C20H25NO3S/c1-5-15(21-24-6-2)18-16(22)9-14-17-12(4)7-11(3)8-13(17)10-25-20(14)19(18)23/h7-8,14,18,20H,5-6,9-10H2,1-4H3/b21-15-. The maximum absolute atomic E-state index is 13.1. The first-order chi connectivity index (χ1) is 12.0. The van der Waals surface area contributed by atoms with Crippen LogP contribution in [0.25, 0.3) is 0 Å². The van der Waals surface area contributed by atoms with E-state index in [1.54, 1.807) is 11.8 Å². The normalized spacial score (nSPS) is 26.2. The van der Waals surface area contributed by atoms with Gasteiger partial charge in [-0.15, -0.1) is 11.8 Å². The van der Waals surface area contributed by atoms with Crippen LogP contribution in [0.2, 0.25) is 0 Å². The average Bonchev–Trinajstić information content (AvgIpc) is 2.56. The quantitative estimate of drug-likeness (QED) is 0.464. The summed E-state index contributed by atoms with van der Waals surface area (Å²) in [4.78, 5) is 31.1. The Kier molecular flexibility index (Phi) is 5.32. The smallest absolute Gasteiger partial charge is 0.162 e. The van der Waals surface area contributed by atoms with Gasteiger partial charge in [0.1, 0.15) is 18.3 Å². The van der Waals surface area contributed by atoms with Gasteiger partial charge in [-0.05, 0) is 43.9 Å². The van der Waals surface area contributed by atoms with E-state index in [1.807, 2.05) is 13.8 Å². The number of carbonyl (C=O) groups is 2. The molecule has 1 saturated carbocycles. The summed E-state index contributed by atoms with van der Waals surface area (Å²) in [5.41, 5.74) is 5.50. The van der Waals surface area contributed by atoms with Crippen LogP contribution in [0, 0.1) is 19.8 Å². The molecule has 0 amide bonds. The average molecular weight is 359 g/mol. The summed E-state index contributed by atoms with van der Waals surface area (Å²) in [6.07, 6.45) is 0.967. The maximum Gasteiger partial charge on any atom is 0.162 e. The van der Waals surface area contributed by atoms with Crippen LogP contribution in [-0.4, -0.2) is 29.1 Å². The monoisotopic (exact) mass is 359 g/mol. The summed E-state index contributed by atoms with van der Waals surface area (Å²) < 4.78 is 0. The molecule has 1 aromatic carbocycles. The van der Waals surface area contributed by atoms with Gasteiger partial charge < -0.3 is 4.84 Å². The summed E-state index contributed by atoms with van der Waals surface area (Å²) in [5.74, 6) is 0.0981. The molecule has 0 N–H and O–H groups in total. The van der Waals surface area contributed by atoms with Crippen molar-refractivity contribution in [1.29, 1.82) is 0 Å². The molecule has 0 saturated heterocycles. The first-order valence-electron chi connectivity index (χ1n) is 8.94. The van der Waals surface area contributed by atoms with E-state index in [-0.39, 0.29) is 22.7 Å². The second-order valence-corrected chi connectivity index (χ2v) is 7.98. The highest BCUT2D eigenvalue weighted by atomic mass is 32.2. The van der Waals surface area contributed by atoms with E-state index in [0.717, 1.165) is 5.75 Å². The summed E-state index contributed by atoms with van der Waals surface area (Å²) in [7, 11) is 0. The SMILES string of the molecule is CCO/N=C(/CC)C1C(=O)CC2c3c(C)cc(C)cc3CSC2C1=O. The lowest BCUT2D eigenvalue weighted by Crippen LogP contribution is -2.47. The first kappa shape index (κ1) is 18.2. The molecule has 134 valence electrons. The maximum atomic E-state index is 13.1. The van der Waals surface area contributed by atoms with Crippen molar-refractivity contribution in [3.63, 3.8) is 0 Å². The number of rotatable bonds is 4. The van der Waals surface area contributed by atoms with E-state index in [4.69, 9.17) is 4.84 Å². The van der Waals surface area contributed by atoms with Gasteiger partial charge in [-0.3, -0.25) is 9.59 Å². The molecule has 3 rings (SSSR count). The highest BCUT2D eigenvalue weighted by Gasteiger charge is 2.48. The van der Waals surface area contributed by atoms with Crippen LogP contribution >= 0.6 is 11.8 Å². The van der Waals surface area contributed by atoms with E-state index in [0.29, 0.717) is 25.2 Å². The molecule has 1 aliphatic carbocycles. The van der Waals surface area contributed by atoms with Crippen LogP contribution in [0.4, 0.5) is 0 Å². The fourth-order valence-corrected chi connectivity index (χ4v) is 5.49. The number of ketones is 2. The Balaban J connectivity index is 1.96. The van der Waals surface area contributed by atoms with Crippen molar-refractivity contribution in [2.45, 2.75) is 57.5 Å². The number of fused-ring (bicyclic) bond motifs is 3. The molecular formula is C20H25NO3S. The van der Waals surface area contributed by atoms with Crippen molar-refractivity contribution in [3.05, 3.63) is 34.4 Å². The highest BCUT2D eigenvalue weighted by molar-refractivity contribution is 8.00. The Morgan fingerprint density at radius 3 is 2.72 bits per heavy atom. The minimum absolute atomic E-state index is 0.00389. The van der Waals surface area contributed by atoms with Gasteiger partial charge in [0, 0.05) is 18.1 Å². The van der Waals surface area contributed by atoms with E-state index in [1.165, 1.54) is 22.3 Å². The second-order valence-electron chi connectivity index (χ2n) is 6.85. The van der Waals surface area contributed by atoms with Gasteiger partial charge in [0.15, 0.2) is 5.78 Å². The predicted octanol–water partition coefficient (Wildman–Crippen LogP) is 3.96. The van der Waals surface area contributed by atoms with Gasteiger partial charge >= 0.3 is 0 Å².